The second kappa shape index (κ2) is 5.19. The van der Waals surface area contributed by atoms with Crippen LogP contribution in [0.1, 0.15) is 13.8 Å². The molecule has 0 aromatic carbocycles. The molecule has 0 aliphatic carbocycles. The predicted octanol–water partition coefficient (Wildman–Crippen LogP) is 1.77. The minimum atomic E-state index is 1.69. The zero-order valence-electron chi connectivity index (χ0n) is 4.68. The van der Waals surface area contributed by atoms with Crippen molar-refractivity contribution in [1.82, 2.24) is 0 Å². The van der Waals surface area contributed by atoms with Crippen LogP contribution in [0.15, 0.2) is 23.3 Å². The maximum Gasteiger partial charge on any atom is 0.0325 e. The largest absolute Gasteiger partial charge is 0.215 e. The van der Waals surface area contributed by atoms with Gasteiger partial charge in [-0.1, -0.05) is 6.08 Å². The summed E-state index contributed by atoms with van der Waals surface area (Å²) in [6.45, 7) is 3.80. The summed E-state index contributed by atoms with van der Waals surface area (Å²) >= 11 is 0. The molecule has 38 valence electrons. The van der Waals surface area contributed by atoms with E-state index in [0.29, 0.717) is 0 Å². The molecule has 0 aliphatic heterocycles. The molecule has 0 aromatic heterocycles. The molecule has 0 unspecified atom stereocenters. The van der Waals surface area contributed by atoms with Gasteiger partial charge in [-0.25, -0.2) is 4.99 Å². The van der Waals surface area contributed by atoms with Gasteiger partial charge in [0, 0.05) is 6.20 Å². The van der Waals surface area contributed by atoms with Gasteiger partial charge < -0.3 is 0 Å². The molecule has 0 saturated carbocycles. The maximum absolute atomic E-state index is 3.72. The average molecular weight is 95.1 g/mol. The van der Waals surface area contributed by atoms with Crippen molar-refractivity contribution in [2.24, 2.45) is 4.99 Å². The van der Waals surface area contributed by atoms with Gasteiger partial charge in [-0.3, -0.25) is 0 Å². The number of aliphatic imine (C=N–C) groups is 1. The number of hydrogen-bond donors (Lipinski definition) is 0. The van der Waals surface area contributed by atoms with Crippen molar-refractivity contribution < 1.29 is 0 Å². The molecule has 1 heteroatoms. The third-order valence-corrected chi connectivity index (χ3v) is 0.427. The molecule has 0 atom stereocenters. The lowest BCUT2D eigenvalue weighted by molar-refractivity contribution is 1.55. The Kier molecular flexibility index (Phi) is 4.59. The van der Waals surface area contributed by atoms with E-state index in [9.17, 15) is 0 Å². The first kappa shape index (κ1) is 6.19. The fourth-order valence-corrected chi connectivity index (χ4v) is 0.192. The molecule has 0 spiro atoms. The van der Waals surface area contributed by atoms with Crippen LogP contribution in [-0.2, 0) is 0 Å². The Hall–Kier alpha value is -0.810. The fraction of sp³-hybridized carbons (Fsp3) is 0.333. The highest BCUT2D eigenvalue weighted by Crippen LogP contribution is 1.66. The van der Waals surface area contributed by atoms with E-state index in [1.165, 1.54) is 0 Å². The van der Waals surface area contributed by atoms with Crippen LogP contribution in [0.4, 0.5) is 0 Å². The molecule has 0 fully saturated rings. The van der Waals surface area contributed by atoms with Crippen LogP contribution in [0.5, 0.6) is 0 Å². The van der Waals surface area contributed by atoms with Gasteiger partial charge in [-0.2, -0.15) is 0 Å². The Bertz CT molecular complexity index is 105. The molecule has 0 aliphatic rings. The second-order valence-corrected chi connectivity index (χ2v) is 1.03. The fourth-order valence-electron chi connectivity index (χ4n) is 0.192. The maximum atomic E-state index is 3.72. The Labute approximate surface area is 44.1 Å². The SMILES string of the molecule is CC=C=N/C=C\C. The van der Waals surface area contributed by atoms with Crippen LogP contribution in [0.25, 0.3) is 0 Å². The molecule has 7 heavy (non-hydrogen) atoms. The van der Waals surface area contributed by atoms with Gasteiger partial charge in [-0.05, 0) is 25.8 Å². The molecule has 0 bridgehead atoms. The number of hydrogen-bond acceptors (Lipinski definition) is 1. The van der Waals surface area contributed by atoms with Gasteiger partial charge in [0.1, 0.15) is 0 Å². The number of nitrogens with zero attached hydrogens (tertiary/aromatic N) is 1. The smallest absolute Gasteiger partial charge is 0.0325 e. The van der Waals surface area contributed by atoms with Crippen LogP contribution < -0.4 is 0 Å². The molecule has 0 radical (unpaired) electrons. The summed E-state index contributed by atoms with van der Waals surface area (Å²) < 4.78 is 0. The Balaban J connectivity index is 3.48. The molecule has 0 heterocycles. The van der Waals surface area contributed by atoms with Gasteiger partial charge in [0.25, 0.3) is 0 Å². The Morgan fingerprint density at radius 3 is 2.57 bits per heavy atom. The minimum absolute atomic E-state index is 1.69. The summed E-state index contributed by atoms with van der Waals surface area (Å²) in [5.41, 5.74) is 0. The lowest BCUT2D eigenvalue weighted by Gasteiger charge is -1.61. The standard InChI is InChI=1S/C6H9N/c1-3-5-7-6-4-2/h3-5H,1-2H3/b5-3-. The normalized spacial score (nSPS) is 8.29. The zero-order chi connectivity index (χ0) is 5.54. The van der Waals surface area contributed by atoms with Crippen LogP contribution >= 0.6 is 0 Å². The van der Waals surface area contributed by atoms with E-state index in [4.69, 9.17) is 0 Å². The summed E-state index contributed by atoms with van der Waals surface area (Å²) in [5.74, 6) is 2.66. The van der Waals surface area contributed by atoms with Crippen molar-refractivity contribution >= 4 is 5.87 Å². The Morgan fingerprint density at radius 1 is 1.43 bits per heavy atom. The van der Waals surface area contributed by atoms with Crippen molar-refractivity contribution in [1.29, 1.82) is 0 Å². The van der Waals surface area contributed by atoms with E-state index < -0.39 is 0 Å². The van der Waals surface area contributed by atoms with E-state index in [1.54, 1.807) is 12.3 Å². The molecule has 0 rings (SSSR count). The molecular formula is C6H9N. The van der Waals surface area contributed by atoms with Gasteiger partial charge in [0.15, 0.2) is 0 Å². The van der Waals surface area contributed by atoms with E-state index in [0.717, 1.165) is 0 Å². The van der Waals surface area contributed by atoms with Crippen LogP contribution in [0.3, 0.4) is 0 Å². The molecule has 0 aromatic rings. The van der Waals surface area contributed by atoms with Gasteiger partial charge in [-0.15, -0.1) is 0 Å². The quantitative estimate of drug-likeness (QED) is 0.440. The highest BCUT2D eigenvalue weighted by molar-refractivity contribution is 5.51. The van der Waals surface area contributed by atoms with E-state index in [-0.39, 0.29) is 0 Å². The number of rotatable bonds is 1. The van der Waals surface area contributed by atoms with Crippen LogP contribution in [0.2, 0.25) is 0 Å². The topological polar surface area (TPSA) is 12.4 Å². The van der Waals surface area contributed by atoms with E-state index >= 15 is 0 Å². The number of allylic oxidation sites excluding steroid dienone is 2. The minimum Gasteiger partial charge on any atom is -0.215 e. The summed E-state index contributed by atoms with van der Waals surface area (Å²) in [4.78, 5) is 3.72. The highest BCUT2D eigenvalue weighted by Gasteiger charge is 1.48. The average Bonchev–Trinajstić information content (AvgIpc) is 1.69. The van der Waals surface area contributed by atoms with E-state index in [1.807, 2.05) is 19.9 Å². The Morgan fingerprint density at radius 2 is 2.14 bits per heavy atom. The second-order valence-electron chi connectivity index (χ2n) is 1.03. The first-order valence-corrected chi connectivity index (χ1v) is 2.26. The van der Waals surface area contributed by atoms with Crippen molar-refractivity contribution in [3.8, 4) is 0 Å². The molecule has 1 nitrogen and oxygen atoms in total. The van der Waals surface area contributed by atoms with Crippen molar-refractivity contribution in [3.05, 3.63) is 18.4 Å². The third kappa shape index (κ3) is 5.19. The van der Waals surface area contributed by atoms with E-state index in [2.05, 4.69) is 10.9 Å². The first-order chi connectivity index (χ1) is 3.41. The van der Waals surface area contributed by atoms with Gasteiger partial charge in [0.05, 0.1) is 0 Å². The summed E-state index contributed by atoms with van der Waals surface area (Å²) in [6.07, 6.45) is 5.32. The lowest BCUT2D eigenvalue weighted by atomic mass is 10.7. The zero-order valence-corrected chi connectivity index (χ0v) is 4.68. The lowest BCUT2D eigenvalue weighted by Crippen LogP contribution is -1.46. The first-order valence-electron chi connectivity index (χ1n) is 2.26. The predicted molar refractivity (Wildman–Crippen MR) is 32.5 cm³/mol. The van der Waals surface area contributed by atoms with Crippen LogP contribution in [-0.4, -0.2) is 5.87 Å². The molecular weight excluding hydrogens is 86.1 g/mol. The molecule has 0 N–H and O–H groups in total. The highest BCUT2D eigenvalue weighted by atomic mass is 14.6. The van der Waals surface area contributed by atoms with Crippen LogP contribution in [0, 0.1) is 0 Å². The summed E-state index contributed by atoms with van der Waals surface area (Å²) in [7, 11) is 0. The van der Waals surface area contributed by atoms with Crippen molar-refractivity contribution in [2.45, 2.75) is 13.8 Å². The van der Waals surface area contributed by atoms with Crippen molar-refractivity contribution in [3.63, 3.8) is 0 Å². The summed E-state index contributed by atoms with van der Waals surface area (Å²) in [6, 6.07) is 0. The van der Waals surface area contributed by atoms with Crippen molar-refractivity contribution in [2.75, 3.05) is 0 Å². The van der Waals surface area contributed by atoms with Gasteiger partial charge >= 0.3 is 0 Å². The van der Waals surface area contributed by atoms with Gasteiger partial charge in [0.2, 0.25) is 0 Å². The summed E-state index contributed by atoms with van der Waals surface area (Å²) in [5, 5.41) is 0. The molecule has 0 amide bonds. The monoisotopic (exact) mass is 95.1 g/mol. The third-order valence-electron chi connectivity index (χ3n) is 0.427. The molecule has 0 saturated heterocycles.